The first-order valence-electron chi connectivity index (χ1n) is 6.43. The molecule has 1 aliphatic rings. The van der Waals surface area contributed by atoms with Crippen LogP contribution < -0.4 is 0 Å². The average Bonchev–Trinajstić information content (AvgIpc) is 2.63. The Morgan fingerprint density at radius 1 is 1.40 bits per heavy atom. The van der Waals surface area contributed by atoms with E-state index in [1.165, 1.54) is 23.4 Å². The van der Waals surface area contributed by atoms with Crippen LogP contribution in [0.5, 0.6) is 0 Å². The molecular weight excluding hydrogens is 278 g/mol. The van der Waals surface area contributed by atoms with Gasteiger partial charge in [0.2, 0.25) is 10.0 Å². The van der Waals surface area contributed by atoms with Gasteiger partial charge >= 0.3 is 0 Å². The van der Waals surface area contributed by atoms with Gasteiger partial charge in [-0.3, -0.25) is 4.79 Å². The van der Waals surface area contributed by atoms with Gasteiger partial charge in [0.05, 0.1) is 17.0 Å². The zero-order valence-electron chi connectivity index (χ0n) is 12.1. The largest absolute Gasteiger partial charge is 0.360 e. The van der Waals surface area contributed by atoms with E-state index in [1.807, 2.05) is 13.8 Å². The Kier molecular flexibility index (Phi) is 3.75. The van der Waals surface area contributed by atoms with Crippen LogP contribution in [0.3, 0.4) is 0 Å². The van der Waals surface area contributed by atoms with Gasteiger partial charge in [-0.15, -0.1) is 0 Å². The summed E-state index contributed by atoms with van der Waals surface area (Å²) in [6.07, 6.45) is -0.518. The van der Waals surface area contributed by atoms with Crippen molar-refractivity contribution < 1.29 is 17.9 Å². The van der Waals surface area contributed by atoms with Crippen LogP contribution in [0.2, 0.25) is 0 Å². The highest BCUT2D eigenvalue weighted by atomic mass is 32.2. The Hall–Kier alpha value is -1.24. The zero-order chi connectivity index (χ0) is 15.1. The molecule has 2 rings (SSSR count). The van der Waals surface area contributed by atoms with E-state index < -0.39 is 21.8 Å². The highest BCUT2D eigenvalue weighted by molar-refractivity contribution is 7.89. The minimum Gasteiger partial charge on any atom is -0.360 e. The maximum absolute atomic E-state index is 12.8. The Bertz CT molecular complexity index is 636. The highest BCUT2D eigenvalue weighted by Gasteiger charge is 2.46. The molecule has 110 valence electrons. The van der Waals surface area contributed by atoms with Crippen LogP contribution in [0.1, 0.15) is 38.1 Å². The minimum absolute atomic E-state index is 0.121. The molecule has 1 atom stereocenters. The van der Waals surface area contributed by atoms with Crippen LogP contribution in [0.25, 0.3) is 0 Å². The van der Waals surface area contributed by atoms with Crippen molar-refractivity contribution in [3.8, 4) is 0 Å². The molecule has 0 radical (unpaired) electrons. The summed E-state index contributed by atoms with van der Waals surface area (Å²) >= 11 is 0. The topological polar surface area (TPSA) is 63.7 Å². The smallest absolute Gasteiger partial charge is 0.245 e. The van der Waals surface area contributed by atoms with Gasteiger partial charge in [-0.25, -0.2) is 8.42 Å². The molecule has 1 aliphatic heterocycles. The fourth-order valence-corrected chi connectivity index (χ4v) is 4.37. The van der Waals surface area contributed by atoms with Crippen molar-refractivity contribution in [2.75, 3.05) is 6.61 Å². The van der Waals surface area contributed by atoms with Crippen molar-refractivity contribution in [3.05, 3.63) is 29.8 Å². The molecule has 1 aromatic carbocycles. The van der Waals surface area contributed by atoms with Crippen LogP contribution in [0.4, 0.5) is 0 Å². The van der Waals surface area contributed by atoms with Crippen LogP contribution in [-0.4, -0.2) is 36.9 Å². The van der Waals surface area contributed by atoms with Crippen LogP contribution in [0.15, 0.2) is 29.2 Å². The molecule has 0 aliphatic carbocycles. The lowest BCUT2D eigenvalue weighted by molar-refractivity contribution is 0.0843. The highest BCUT2D eigenvalue weighted by Crippen LogP contribution is 2.33. The maximum atomic E-state index is 12.8. The lowest BCUT2D eigenvalue weighted by Gasteiger charge is -2.30. The fraction of sp³-hybridized carbons (Fsp3) is 0.500. The standard InChI is InChI=1S/C14H19NO4S/c1-10(16)12-6-5-7-13(8-12)20(17,18)15-11(2)19-9-14(15,3)4/h5-8,11H,9H2,1-4H3. The van der Waals surface area contributed by atoms with Gasteiger partial charge < -0.3 is 4.74 Å². The summed E-state index contributed by atoms with van der Waals surface area (Å²) in [5, 5.41) is 0. The molecule has 1 aromatic rings. The molecule has 20 heavy (non-hydrogen) atoms. The Balaban J connectivity index is 2.50. The minimum atomic E-state index is -3.70. The molecule has 1 heterocycles. The Labute approximate surface area is 119 Å². The Morgan fingerprint density at radius 2 is 2.05 bits per heavy atom. The van der Waals surface area contributed by atoms with E-state index in [-0.39, 0.29) is 10.7 Å². The maximum Gasteiger partial charge on any atom is 0.245 e. The van der Waals surface area contributed by atoms with Crippen molar-refractivity contribution in [1.82, 2.24) is 4.31 Å². The number of nitrogens with zero attached hydrogens (tertiary/aromatic N) is 1. The van der Waals surface area contributed by atoms with E-state index in [0.29, 0.717) is 12.2 Å². The second-order valence-corrected chi connectivity index (χ2v) is 7.42. The number of benzene rings is 1. The fourth-order valence-electron chi connectivity index (χ4n) is 2.46. The number of ether oxygens (including phenoxy) is 1. The van der Waals surface area contributed by atoms with Gasteiger partial charge in [0.1, 0.15) is 6.23 Å². The normalized spacial score (nSPS) is 22.9. The monoisotopic (exact) mass is 297 g/mol. The number of sulfonamides is 1. The van der Waals surface area contributed by atoms with Crippen molar-refractivity contribution in [1.29, 1.82) is 0 Å². The predicted octanol–water partition coefficient (Wildman–Crippen LogP) is 2.03. The molecule has 0 bridgehead atoms. The van der Waals surface area contributed by atoms with Gasteiger partial charge in [0, 0.05) is 5.56 Å². The third kappa shape index (κ3) is 2.51. The quantitative estimate of drug-likeness (QED) is 0.801. The molecular formula is C14H19NO4S. The number of rotatable bonds is 3. The molecule has 1 unspecified atom stereocenters. The summed E-state index contributed by atoms with van der Waals surface area (Å²) in [6.45, 7) is 7.12. The Morgan fingerprint density at radius 3 is 2.55 bits per heavy atom. The summed E-state index contributed by atoms with van der Waals surface area (Å²) in [7, 11) is -3.70. The van der Waals surface area contributed by atoms with E-state index in [4.69, 9.17) is 4.74 Å². The number of hydrogen-bond donors (Lipinski definition) is 0. The van der Waals surface area contributed by atoms with Crippen molar-refractivity contribution in [2.24, 2.45) is 0 Å². The average molecular weight is 297 g/mol. The van der Waals surface area contributed by atoms with E-state index in [9.17, 15) is 13.2 Å². The second kappa shape index (κ2) is 4.95. The van der Waals surface area contributed by atoms with Gasteiger partial charge in [-0.2, -0.15) is 4.31 Å². The first kappa shape index (κ1) is 15.2. The van der Waals surface area contributed by atoms with Crippen molar-refractivity contribution >= 4 is 15.8 Å². The predicted molar refractivity (Wildman–Crippen MR) is 75.0 cm³/mol. The summed E-state index contributed by atoms with van der Waals surface area (Å²) in [6, 6.07) is 6.11. The first-order chi connectivity index (χ1) is 9.16. The lowest BCUT2D eigenvalue weighted by atomic mass is 10.1. The third-order valence-corrected chi connectivity index (χ3v) is 5.56. The van der Waals surface area contributed by atoms with Crippen molar-refractivity contribution in [3.63, 3.8) is 0 Å². The first-order valence-corrected chi connectivity index (χ1v) is 7.87. The number of hydrogen-bond acceptors (Lipinski definition) is 4. The molecule has 6 heteroatoms. The van der Waals surface area contributed by atoms with E-state index >= 15 is 0 Å². The number of carbonyl (C=O) groups is 1. The van der Waals surface area contributed by atoms with Gasteiger partial charge in [0.15, 0.2) is 5.78 Å². The van der Waals surface area contributed by atoms with Crippen LogP contribution >= 0.6 is 0 Å². The molecule has 0 spiro atoms. The van der Waals surface area contributed by atoms with E-state index in [1.54, 1.807) is 19.1 Å². The van der Waals surface area contributed by atoms with Crippen LogP contribution in [0, 0.1) is 0 Å². The van der Waals surface area contributed by atoms with Crippen LogP contribution in [-0.2, 0) is 14.8 Å². The lowest BCUT2D eigenvalue weighted by Crippen LogP contribution is -2.47. The summed E-state index contributed by atoms with van der Waals surface area (Å²) < 4.78 is 32.3. The van der Waals surface area contributed by atoms with Gasteiger partial charge in [-0.05, 0) is 39.8 Å². The van der Waals surface area contributed by atoms with E-state index in [0.717, 1.165) is 0 Å². The SMILES string of the molecule is CC(=O)c1cccc(S(=O)(=O)N2C(C)OCC2(C)C)c1. The molecule has 0 aromatic heterocycles. The summed E-state index contributed by atoms with van der Waals surface area (Å²) in [4.78, 5) is 11.5. The zero-order valence-corrected chi connectivity index (χ0v) is 12.9. The molecule has 5 nitrogen and oxygen atoms in total. The summed E-state index contributed by atoms with van der Waals surface area (Å²) in [5.41, 5.74) is -0.221. The van der Waals surface area contributed by atoms with Crippen molar-refractivity contribution in [2.45, 2.75) is 44.4 Å². The number of carbonyl (C=O) groups excluding carboxylic acids is 1. The van der Waals surface area contributed by atoms with Gasteiger partial charge in [0.25, 0.3) is 0 Å². The number of ketones is 1. The second-order valence-electron chi connectivity index (χ2n) is 5.61. The van der Waals surface area contributed by atoms with Gasteiger partial charge in [-0.1, -0.05) is 12.1 Å². The molecule has 1 fully saturated rings. The summed E-state index contributed by atoms with van der Waals surface area (Å²) in [5.74, 6) is -0.160. The number of Topliss-reactive ketones (excluding diaryl/α,β-unsaturated/α-hetero) is 1. The molecule has 0 N–H and O–H groups in total. The molecule has 0 saturated carbocycles. The molecule has 0 amide bonds. The third-order valence-electron chi connectivity index (χ3n) is 3.40. The van der Waals surface area contributed by atoms with E-state index in [2.05, 4.69) is 0 Å². The molecule has 1 saturated heterocycles.